The second kappa shape index (κ2) is 8.03. The summed E-state index contributed by atoms with van der Waals surface area (Å²) in [5.74, 6) is 0.988. The van der Waals surface area contributed by atoms with Gasteiger partial charge in [0.2, 0.25) is 5.95 Å². The molecule has 29 heavy (non-hydrogen) atoms. The molecular weight excluding hydrogens is 387 g/mol. The first-order chi connectivity index (χ1) is 13.9. The number of hydrogen-bond donors (Lipinski definition) is 1. The standard InChI is InChI=1S/C19H22F3N5O2/c20-19(21,22)15-11-13(23)1-2-14(15)16-12-17(26-3-7-28-8-4-26)25-18(24-16)27-5-9-29-10-6-27/h1-2,11-12H,3-10,23H2. The molecule has 1 aromatic carbocycles. The number of nitrogens with two attached hydrogens (primary N) is 1. The van der Waals surface area contributed by atoms with Crippen molar-refractivity contribution >= 4 is 17.5 Å². The van der Waals surface area contributed by atoms with Crippen molar-refractivity contribution in [3.05, 3.63) is 29.8 Å². The summed E-state index contributed by atoms with van der Waals surface area (Å²) < 4.78 is 51.8. The predicted octanol–water partition coefficient (Wildman–Crippen LogP) is 2.42. The van der Waals surface area contributed by atoms with E-state index in [1.807, 2.05) is 9.80 Å². The molecule has 7 nitrogen and oxygen atoms in total. The van der Waals surface area contributed by atoms with Crippen LogP contribution in [0.2, 0.25) is 0 Å². The smallest absolute Gasteiger partial charge is 0.399 e. The van der Waals surface area contributed by atoms with Gasteiger partial charge in [0, 0.05) is 43.5 Å². The van der Waals surface area contributed by atoms with Gasteiger partial charge in [0.1, 0.15) is 5.82 Å². The summed E-state index contributed by atoms with van der Waals surface area (Å²) in [5, 5.41) is 0. The summed E-state index contributed by atoms with van der Waals surface area (Å²) in [7, 11) is 0. The Labute approximate surface area is 166 Å². The SMILES string of the molecule is Nc1ccc(-c2cc(N3CCOCC3)nc(N3CCOCC3)n2)c(C(F)(F)F)c1. The highest BCUT2D eigenvalue weighted by Gasteiger charge is 2.35. The molecule has 2 aromatic rings. The number of aromatic nitrogens is 2. The second-order valence-electron chi connectivity index (χ2n) is 6.91. The van der Waals surface area contributed by atoms with Crippen molar-refractivity contribution in [2.45, 2.75) is 6.18 Å². The van der Waals surface area contributed by atoms with Crippen LogP contribution in [0, 0.1) is 0 Å². The van der Waals surface area contributed by atoms with E-state index in [2.05, 4.69) is 9.97 Å². The minimum Gasteiger partial charge on any atom is -0.399 e. The first-order valence-electron chi connectivity index (χ1n) is 9.43. The summed E-state index contributed by atoms with van der Waals surface area (Å²) in [5.41, 5.74) is 5.07. The van der Waals surface area contributed by atoms with Crippen LogP contribution in [0.5, 0.6) is 0 Å². The number of hydrogen-bond acceptors (Lipinski definition) is 7. The zero-order valence-corrected chi connectivity index (χ0v) is 15.8. The highest BCUT2D eigenvalue weighted by Crippen LogP contribution is 2.38. The van der Waals surface area contributed by atoms with Gasteiger partial charge in [0.15, 0.2) is 0 Å². The van der Waals surface area contributed by atoms with Gasteiger partial charge in [-0.2, -0.15) is 18.2 Å². The fourth-order valence-electron chi connectivity index (χ4n) is 3.44. The van der Waals surface area contributed by atoms with E-state index in [1.165, 1.54) is 12.1 Å². The van der Waals surface area contributed by atoms with Crippen LogP contribution >= 0.6 is 0 Å². The Hall–Kier alpha value is -2.59. The van der Waals surface area contributed by atoms with Gasteiger partial charge in [-0.1, -0.05) is 6.07 Å². The molecule has 2 aliphatic heterocycles. The molecule has 2 aliphatic rings. The summed E-state index contributed by atoms with van der Waals surface area (Å²) in [6, 6.07) is 5.37. The number of rotatable bonds is 3. The average molecular weight is 409 g/mol. The summed E-state index contributed by atoms with van der Waals surface area (Å²) in [6.45, 7) is 4.54. The molecule has 0 radical (unpaired) electrons. The van der Waals surface area contributed by atoms with Gasteiger partial charge >= 0.3 is 6.18 Å². The largest absolute Gasteiger partial charge is 0.417 e. The molecule has 0 unspecified atom stereocenters. The van der Waals surface area contributed by atoms with E-state index < -0.39 is 11.7 Å². The van der Waals surface area contributed by atoms with Crippen LogP contribution in [0.4, 0.5) is 30.6 Å². The van der Waals surface area contributed by atoms with Crippen LogP contribution in [0.25, 0.3) is 11.3 Å². The van der Waals surface area contributed by atoms with Crippen molar-refractivity contribution in [1.29, 1.82) is 0 Å². The number of halogens is 3. The van der Waals surface area contributed by atoms with E-state index >= 15 is 0 Å². The minimum atomic E-state index is -4.55. The maximum atomic E-state index is 13.7. The van der Waals surface area contributed by atoms with Gasteiger partial charge in [-0.15, -0.1) is 0 Å². The van der Waals surface area contributed by atoms with Crippen LogP contribution < -0.4 is 15.5 Å². The van der Waals surface area contributed by atoms with E-state index in [9.17, 15) is 13.2 Å². The minimum absolute atomic E-state index is 0.0156. The maximum Gasteiger partial charge on any atom is 0.417 e. The zero-order valence-electron chi connectivity index (χ0n) is 15.8. The molecule has 0 bridgehead atoms. The lowest BCUT2D eigenvalue weighted by Gasteiger charge is -2.31. The highest BCUT2D eigenvalue weighted by atomic mass is 19.4. The van der Waals surface area contributed by atoms with Crippen LogP contribution in [-0.2, 0) is 15.7 Å². The van der Waals surface area contributed by atoms with E-state index in [-0.39, 0.29) is 16.9 Å². The second-order valence-corrected chi connectivity index (χ2v) is 6.91. The Kier molecular flexibility index (Phi) is 5.46. The highest BCUT2D eigenvalue weighted by molar-refractivity contribution is 5.71. The van der Waals surface area contributed by atoms with Crippen molar-refractivity contribution in [3.8, 4) is 11.3 Å². The average Bonchev–Trinajstić information content (AvgIpc) is 2.74. The Morgan fingerprint density at radius 1 is 0.862 bits per heavy atom. The molecule has 0 aliphatic carbocycles. The first-order valence-corrected chi connectivity index (χ1v) is 9.43. The van der Waals surface area contributed by atoms with Gasteiger partial charge in [-0.3, -0.25) is 0 Å². The molecule has 2 N–H and O–H groups in total. The lowest BCUT2D eigenvalue weighted by Crippen LogP contribution is -2.39. The lowest BCUT2D eigenvalue weighted by molar-refractivity contribution is -0.137. The quantitative estimate of drug-likeness (QED) is 0.781. The molecule has 0 spiro atoms. The predicted molar refractivity (Wildman–Crippen MR) is 103 cm³/mol. The summed E-state index contributed by atoms with van der Waals surface area (Å²) in [4.78, 5) is 13.1. The Balaban J connectivity index is 1.82. The van der Waals surface area contributed by atoms with E-state index in [4.69, 9.17) is 15.2 Å². The van der Waals surface area contributed by atoms with Gasteiger partial charge in [0.25, 0.3) is 0 Å². The molecule has 10 heteroatoms. The Bertz CT molecular complexity index is 829. The number of benzene rings is 1. The van der Waals surface area contributed by atoms with Crippen LogP contribution in [-0.4, -0.2) is 62.6 Å². The van der Waals surface area contributed by atoms with Crippen molar-refractivity contribution in [2.75, 3.05) is 68.1 Å². The van der Waals surface area contributed by atoms with E-state index in [1.54, 1.807) is 6.07 Å². The third-order valence-corrected chi connectivity index (χ3v) is 4.95. The normalized spacial score (nSPS) is 18.2. The van der Waals surface area contributed by atoms with Crippen molar-refractivity contribution in [3.63, 3.8) is 0 Å². The molecule has 156 valence electrons. The number of alkyl halides is 3. The lowest BCUT2D eigenvalue weighted by atomic mass is 10.0. The number of nitrogen functional groups attached to an aromatic ring is 1. The summed E-state index contributed by atoms with van der Waals surface area (Å²) in [6.07, 6.45) is -4.55. The summed E-state index contributed by atoms with van der Waals surface area (Å²) >= 11 is 0. The third-order valence-electron chi connectivity index (χ3n) is 4.95. The van der Waals surface area contributed by atoms with Crippen LogP contribution in [0.1, 0.15) is 5.56 Å². The van der Waals surface area contributed by atoms with E-state index in [0.29, 0.717) is 64.4 Å². The third kappa shape index (κ3) is 4.38. The van der Waals surface area contributed by atoms with E-state index in [0.717, 1.165) is 6.07 Å². The fraction of sp³-hybridized carbons (Fsp3) is 0.474. The maximum absolute atomic E-state index is 13.7. The molecular formula is C19H22F3N5O2. The number of ether oxygens (including phenoxy) is 2. The van der Waals surface area contributed by atoms with Crippen molar-refractivity contribution < 1.29 is 22.6 Å². The van der Waals surface area contributed by atoms with Crippen LogP contribution in [0.15, 0.2) is 24.3 Å². The van der Waals surface area contributed by atoms with Gasteiger partial charge in [-0.05, 0) is 12.1 Å². The Morgan fingerprint density at radius 3 is 2.10 bits per heavy atom. The zero-order chi connectivity index (χ0) is 20.4. The molecule has 3 heterocycles. The first kappa shape index (κ1) is 19.7. The molecule has 1 aromatic heterocycles. The van der Waals surface area contributed by atoms with Gasteiger partial charge < -0.3 is 25.0 Å². The molecule has 0 amide bonds. The molecule has 0 saturated carbocycles. The monoisotopic (exact) mass is 409 g/mol. The Morgan fingerprint density at radius 2 is 1.48 bits per heavy atom. The molecule has 4 rings (SSSR count). The van der Waals surface area contributed by atoms with Crippen molar-refractivity contribution in [2.24, 2.45) is 0 Å². The topological polar surface area (TPSA) is 76.7 Å². The van der Waals surface area contributed by atoms with Gasteiger partial charge in [0.05, 0.1) is 37.7 Å². The molecule has 0 atom stereocenters. The number of nitrogens with zero attached hydrogens (tertiary/aromatic N) is 4. The fourth-order valence-corrected chi connectivity index (χ4v) is 3.44. The molecule has 2 saturated heterocycles. The van der Waals surface area contributed by atoms with Crippen molar-refractivity contribution in [1.82, 2.24) is 9.97 Å². The number of anilines is 3. The number of morpholine rings is 2. The van der Waals surface area contributed by atoms with Crippen LogP contribution in [0.3, 0.4) is 0 Å². The van der Waals surface area contributed by atoms with Gasteiger partial charge in [-0.25, -0.2) is 4.98 Å². The molecule has 2 fully saturated rings.